The Hall–Kier alpha value is -1.80. The Labute approximate surface area is 111 Å². The van der Waals surface area contributed by atoms with Crippen LogP contribution < -0.4 is 5.32 Å². The number of nitro benzene ring substituents is 1. The van der Waals surface area contributed by atoms with Gasteiger partial charge >= 0.3 is 0 Å². The van der Waals surface area contributed by atoms with Gasteiger partial charge in [0.2, 0.25) is 0 Å². The van der Waals surface area contributed by atoms with Gasteiger partial charge < -0.3 is 10.4 Å². The molecule has 1 rings (SSSR count). The minimum Gasteiger partial charge on any atom is -0.385 e. The molecular formula is C10H9ClF2N2O4. The molecule has 0 heterocycles. The van der Waals surface area contributed by atoms with Crippen LogP contribution in [0.3, 0.4) is 0 Å². The molecule has 1 aromatic rings. The highest BCUT2D eigenvalue weighted by atomic mass is 35.5. The van der Waals surface area contributed by atoms with E-state index in [9.17, 15) is 23.7 Å². The maximum Gasteiger partial charge on any atom is 0.283 e. The number of hydrogen-bond acceptors (Lipinski definition) is 4. The van der Waals surface area contributed by atoms with Gasteiger partial charge in [0, 0.05) is 17.6 Å². The van der Waals surface area contributed by atoms with E-state index in [-0.39, 0.29) is 10.6 Å². The molecule has 0 bridgehead atoms. The van der Waals surface area contributed by atoms with Gasteiger partial charge in [0.25, 0.3) is 18.0 Å². The minimum atomic E-state index is -3.01. The van der Waals surface area contributed by atoms with E-state index in [0.717, 1.165) is 12.1 Å². The Morgan fingerprint density at radius 1 is 1.53 bits per heavy atom. The highest BCUT2D eigenvalue weighted by molar-refractivity contribution is 6.31. The smallest absolute Gasteiger partial charge is 0.283 e. The molecule has 0 saturated carbocycles. The van der Waals surface area contributed by atoms with Crippen LogP contribution in [0.1, 0.15) is 10.4 Å². The maximum atomic E-state index is 12.0. The van der Waals surface area contributed by atoms with Crippen molar-refractivity contribution < 1.29 is 23.6 Å². The Kier molecular flexibility index (Phi) is 5.13. The molecule has 1 amide bonds. The van der Waals surface area contributed by atoms with Gasteiger partial charge in [-0.3, -0.25) is 14.9 Å². The first-order valence-corrected chi connectivity index (χ1v) is 5.39. The van der Waals surface area contributed by atoms with Crippen molar-refractivity contribution in [3.05, 3.63) is 38.9 Å². The van der Waals surface area contributed by atoms with Crippen LogP contribution in [0.25, 0.3) is 0 Å². The second kappa shape index (κ2) is 6.39. The van der Waals surface area contributed by atoms with E-state index in [1.54, 1.807) is 0 Å². The summed E-state index contributed by atoms with van der Waals surface area (Å²) in [6, 6.07) is 3.33. The summed E-state index contributed by atoms with van der Waals surface area (Å²) in [5, 5.41) is 21.6. The van der Waals surface area contributed by atoms with Crippen LogP contribution in [0.4, 0.5) is 14.5 Å². The van der Waals surface area contributed by atoms with E-state index < -0.39 is 35.6 Å². The molecule has 0 aliphatic rings. The molecule has 0 aliphatic heterocycles. The number of aliphatic hydroxyl groups is 1. The Morgan fingerprint density at radius 3 is 2.68 bits per heavy atom. The number of halogens is 3. The summed E-state index contributed by atoms with van der Waals surface area (Å²) in [6.07, 6.45) is -5.05. The predicted molar refractivity (Wildman–Crippen MR) is 62.5 cm³/mol. The first kappa shape index (κ1) is 15.3. The molecule has 19 heavy (non-hydrogen) atoms. The predicted octanol–water partition coefficient (Wildman–Crippen LogP) is 1.60. The lowest BCUT2D eigenvalue weighted by Crippen LogP contribution is -2.36. The second-order valence-electron chi connectivity index (χ2n) is 3.53. The number of benzene rings is 1. The third kappa shape index (κ3) is 4.11. The van der Waals surface area contributed by atoms with Gasteiger partial charge in [-0.1, -0.05) is 11.6 Å². The molecule has 0 aliphatic carbocycles. The minimum absolute atomic E-state index is 0.0656. The van der Waals surface area contributed by atoms with Crippen molar-refractivity contribution in [3.63, 3.8) is 0 Å². The normalized spacial score (nSPS) is 12.3. The van der Waals surface area contributed by atoms with Crippen LogP contribution >= 0.6 is 11.6 Å². The molecule has 1 atom stereocenters. The van der Waals surface area contributed by atoms with Crippen molar-refractivity contribution in [1.29, 1.82) is 0 Å². The number of nitro groups is 1. The third-order valence-corrected chi connectivity index (χ3v) is 2.40. The van der Waals surface area contributed by atoms with Crippen molar-refractivity contribution in [2.24, 2.45) is 0 Å². The standard InChI is InChI=1S/C10H9ClF2N2O4/c11-5-1-2-6(7(3-5)15(18)19)10(17)14-4-8(16)9(12)13/h1-3,8-9,16H,4H2,(H,14,17). The highest BCUT2D eigenvalue weighted by Crippen LogP contribution is 2.23. The number of nitrogens with zero attached hydrogens (tertiary/aromatic N) is 1. The van der Waals surface area contributed by atoms with Gasteiger partial charge in [0.05, 0.1) is 4.92 Å². The Balaban J connectivity index is 2.85. The number of aliphatic hydroxyl groups excluding tert-OH is 1. The van der Waals surface area contributed by atoms with Crippen molar-refractivity contribution in [1.82, 2.24) is 5.32 Å². The van der Waals surface area contributed by atoms with Crippen molar-refractivity contribution in [2.45, 2.75) is 12.5 Å². The molecule has 1 aromatic carbocycles. The topological polar surface area (TPSA) is 92.5 Å². The van der Waals surface area contributed by atoms with Gasteiger partial charge in [-0.2, -0.15) is 0 Å². The van der Waals surface area contributed by atoms with Gasteiger partial charge in [0.1, 0.15) is 11.7 Å². The molecule has 9 heteroatoms. The van der Waals surface area contributed by atoms with Gasteiger partial charge in [-0.25, -0.2) is 8.78 Å². The summed E-state index contributed by atoms with van der Waals surface area (Å²) in [5.41, 5.74) is -0.868. The Morgan fingerprint density at radius 2 is 2.16 bits per heavy atom. The van der Waals surface area contributed by atoms with E-state index in [1.807, 2.05) is 5.32 Å². The van der Waals surface area contributed by atoms with Crippen LogP contribution in [-0.4, -0.2) is 35.0 Å². The molecule has 6 nitrogen and oxygen atoms in total. The third-order valence-electron chi connectivity index (χ3n) is 2.16. The average molecular weight is 295 g/mol. The van der Waals surface area contributed by atoms with Crippen LogP contribution in [0, 0.1) is 10.1 Å². The first-order valence-electron chi connectivity index (χ1n) is 5.01. The average Bonchev–Trinajstić information content (AvgIpc) is 2.35. The number of nitrogens with one attached hydrogen (secondary N) is 1. The lowest BCUT2D eigenvalue weighted by molar-refractivity contribution is -0.385. The van der Waals surface area contributed by atoms with Crippen molar-refractivity contribution in [3.8, 4) is 0 Å². The fourth-order valence-electron chi connectivity index (χ4n) is 1.23. The molecule has 0 spiro atoms. The van der Waals surface area contributed by atoms with E-state index >= 15 is 0 Å². The lowest BCUT2D eigenvalue weighted by atomic mass is 10.1. The van der Waals surface area contributed by atoms with Crippen LogP contribution in [0.2, 0.25) is 5.02 Å². The van der Waals surface area contributed by atoms with Gasteiger partial charge in [-0.05, 0) is 12.1 Å². The van der Waals surface area contributed by atoms with Gasteiger partial charge in [0.15, 0.2) is 0 Å². The summed E-state index contributed by atoms with van der Waals surface area (Å²) < 4.78 is 24.0. The largest absolute Gasteiger partial charge is 0.385 e. The zero-order chi connectivity index (χ0) is 14.6. The van der Waals surface area contributed by atoms with E-state index in [4.69, 9.17) is 16.7 Å². The first-order chi connectivity index (χ1) is 8.82. The maximum absolute atomic E-state index is 12.0. The molecule has 104 valence electrons. The monoisotopic (exact) mass is 294 g/mol. The summed E-state index contributed by atoms with van der Waals surface area (Å²) >= 11 is 5.56. The van der Waals surface area contributed by atoms with Crippen molar-refractivity contribution >= 4 is 23.2 Å². The number of carbonyl (C=O) groups is 1. The number of hydrogen-bond donors (Lipinski definition) is 2. The zero-order valence-corrected chi connectivity index (χ0v) is 10.1. The summed E-state index contributed by atoms with van der Waals surface area (Å²) in [5.74, 6) is -0.942. The van der Waals surface area contributed by atoms with Crippen LogP contribution in [-0.2, 0) is 0 Å². The number of alkyl halides is 2. The number of carbonyl (C=O) groups excluding carboxylic acids is 1. The molecule has 2 N–H and O–H groups in total. The molecule has 0 fully saturated rings. The second-order valence-corrected chi connectivity index (χ2v) is 3.97. The SMILES string of the molecule is O=C(NCC(O)C(F)F)c1ccc(Cl)cc1[N+](=O)[O-]. The van der Waals surface area contributed by atoms with E-state index in [2.05, 4.69) is 0 Å². The number of rotatable bonds is 5. The fourth-order valence-corrected chi connectivity index (χ4v) is 1.40. The van der Waals surface area contributed by atoms with E-state index in [1.165, 1.54) is 6.07 Å². The summed E-state index contributed by atoms with van der Waals surface area (Å²) in [4.78, 5) is 21.5. The van der Waals surface area contributed by atoms with E-state index in [0.29, 0.717) is 0 Å². The highest BCUT2D eigenvalue weighted by Gasteiger charge is 2.23. The quantitative estimate of drug-likeness (QED) is 0.637. The summed E-state index contributed by atoms with van der Waals surface area (Å²) in [6.45, 7) is -0.712. The van der Waals surface area contributed by atoms with Gasteiger partial charge in [-0.15, -0.1) is 0 Å². The van der Waals surface area contributed by atoms with Crippen LogP contribution in [0.15, 0.2) is 18.2 Å². The molecule has 0 saturated heterocycles. The molecule has 1 unspecified atom stereocenters. The molecule has 0 radical (unpaired) electrons. The lowest BCUT2D eigenvalue weighted by Gasteiger charge is -2.10. The summed E-state index contributed by atoms with van der Waals surface area (Å²) in [7, 11) is 0. The zero-order valence-electron chi connectivity index (χ0n) is 9.35. The molecule has 0 aromatic heterocycles. The Bertz CT molecular complexity index is 498. The molecular weight excluding hydrogens is 286 g/mol. The number of amides is 1. The van der Waals surface area contributed by atoms with Crippen molar-refractivity contribution in [2.75, 3.05) is 6.54 Å². The fraction of sp³-hybridized carbons (Fsp3) is 0.300. The van der Waals surface area contributed by atoms with Crippen LogP contribution in [0.5, 0.6) is 0 Å².